The largest absolute Gasteiger partial charge is 0.494 e. The lowest BCUT2D eigenvalue weighted by Gasteiger charge is -2.31. The van der Waals surface area contributed by atoms with Crippen molar-refractivity contribution in [1.29, 1.82) is 0 Å². The van der Waals surface area contributed by atoms with Gasteiger partial charge < -0.3 is 25.4 Å². The van der Waals surface area contributed by atoms with Gasteiger partial charge in [-0.3, -0.25) is 4.52 Å². The monoisotopic (exact) mass is 473 g/mol. The van der Waals surface area contributed by atoms with Gasteiger partial charge in [0, 0.05) is 0 Å². The van der Waals surface area contributed by atoms with Crippen LogP contribution in [0.2, 0.25) is 0 Å². The Hall–Kier alpha value is -0.900. The van der Waals surface area contributed by atoms with E-state index in [2.05, 4.69) is 11.4 Å². The van der Waals surface area contributed by atoms with E-state index in [1.54, 1.807) is 13.0 Å². The summed E-state index contributed by atoms with van der Waals surface area (Å²) in [5.74, 6) is -1.87. The van der Waals surface area contributed by atoms with Crippen LogP contribution in [0.15, 0.2) is 23.5 Å². The first kappa shape index (κ1) is 28.1. The second-order valence-corrected chi connectivity index (χ2v) is 9.49. The Kier molecular flexibility index (Phi) is 11.2. The van der Waals surface area contributed by atoms with Crippen LogP contribution in [0.1, 0.15) is 65.2 Å². The third kappa shape index (κ3) is 11.0. The highest BCUT2D eigenvalue weighted by atomic mass is 31.2. The molecular weight excluding hydrogens is 438 g/mol. The van der Waals surface area contributed by atoms with Gasteiger partial charge in [-0.1, -0.05) is 37.8 Å². The molecule has 1 aliphatic carbocycles. The number of unbranched alkanes of at least 4 members (excludes halogenated alkanes) is 3. The van der Waals surface area contributed by atoms with Crippen LogP contribution in [0, 0.1) is 5.92 Å². The molecule has 0 radical (unpaired) electrons. The molecule has 0 saturated carbocycles. The number of ether oxygens (including phenoxy) is 1. The SMILES string of the molecule is CCCCCC[C@@H](C)OC1=CC=C(CCC(N)(CO)COP(=O)(O)O)CC1C(F)(F)F. The maximum absolute atomic E-state index is 13.6. The molecule has 0 amide bonds. The minimum Gasteiger partial charge on any atom is -0.494 e. The molecule has 0 aromatic heterocycles. The molecule has 31 heavy (non-hydrogen) atoms. The molecule has 7 nitrogen and oxygen atoms in total. The average molecular weight is 473 g/mol. The van der Waals surface area contributed by atoms with Crippen molar-refractivity contribution >= 4 is 7.82 Å². The van der Waals surface area contributed by atoms with Crippen LogP contribution < -0.4 is 5.73 Å². The van der Waals surface area contributed by atoms with E-state index < -0.39 is 38.7 Å². The van der Waals surface area contributed by atoms with Gasteiger partial charge >= 0.3 is 14.0 Å². The first-order valence-electron chi connectivity index (χ1n) is 10.5. The number of aliphatic hydroxyl groups excluding tert-OH is 1. The molecule has 0 fully saturated rings. The van der Waals surface area contributed by atoms with Crippen LogP contribution in [-0.2, 0) is 13.8 Å². The standard InChI is InChI=1S/C20H35F3NO6P/c1-3-4-5-6-7-15(2)30-18-9-8-16(12-17(18)20(21,22)23)10-11-19(24,13-25)14-29-31(26,27)28/h8-9,15,17,25H,3-7,10-14,24H2,1-2H3,(H2,26,27,28)/t15-,17?,19?/m1/s1. The summed E-state index contributed by atoms with van der Waals surface area (Å²) in [4.78, 5) is 17.6. The number of hydrogen-bond donors (Lipinski definition) is 4. The highest BCUT2D eigenvalue weighted by Gasteiger charge is 2.45. The van der Waals surface area contributed by atoms with Gasteiger partial charge in [0.1, 0.15) is 11.7 Å². The summed E-state index contributed by atoms with van der Waals surface area (Å²) in [6.07, 6.45) is 2.69. The maximum Gasteiger partial charge on any atom is 0.469 e. The van der Waals surface area contributed by atoms with Crippen LogP contribution in [0.3, 0.4) is 0 Å². The number of allylic oxidation sites excluding steroid dienone is 4. The molecule has 5 N–H and O–H groups in total. The van der Waals surface area contributed by atoms with Crippen molar-refractivity contribution in [2.45, 2.75) is 83.0 Å². The minimum atomic E-state index is -4.78. The third-order valence-corrected chi connectivity index (χ3v) is 5.73. The minimum absolute atomic E-state index is 0.00221. The number of rotatable bonds is 14. The van der Waals surface area contributed by atoms with Crippen molar-refractivity contribution in [3.05, 3.63) is 23.5 Å². The average Bonchev–Trinajstić information content (AvgIpc) is 2.67. The number of nitrogens with two attached hydrogens (primary N) is 1. The Morgan fingerprint density at radius 2 is 1.94 bits per heavy atom. The van der Waals surface area contributed by atoms with Crippen molar-refractivity contribution in [2.75, 3.05) is 13.2 Å². The second-order valence-electron chi connectivity index (χ2n) is 8.25. The fourth-order valence-corrected chi connectivity index (χ4v) is 3.72. The summed E-state index contributed by atoms with van der Waals surface area (Å²) in [5, 5.41) is 9.45. The first-order valence-corrected chi connectivity index (χ1v) is 12.1. The summed E-state index contributed by atoms with van der Waals surface area (Å²) in [5.41, 5.74) is 4.88. The molecule has 0 aromatic carbocycles. The first-order chi connectivity index (χ1) is 14.3. The van der Waals surface area contributed by atoms with Gasteiger partial charge in [-0.05, 0) is 45.1 Å². The van der Waals surface area contributed by atoms with Gasteiger partial charge in [-0.25, -0.2) is 4.57 Å². The van der Waals surface area contributed by atoms with E-state index in [1.807, 2.05) is 0 Å². The molecule has 0 bridgehead atoms. The van der Waals surface area contributed by atoms with Crippen molar-refractivity contribution in [1.82, 2.24) is 0 Å². The van der Waals surface area contributed by atoms with E-state index in [0.29, 0.717) is 12.0 Å². The van der Waals surface area contributed by atoms with Crippen LogP contribution in [0.5, 0.6) is 0 Å². The Labute approximate surface area is 181 Å². The van der Waals surface area contributed by atoms with Gasteiger partial charge in [-0.15, -0.1) is 0 Å². The van der Waals surface area contributed by atoms with E-state index >= 15 is 0 Å². The number of hydrogen-bond acceptors (Lipinski definition) is 5. The number of phosphoric acid groups is 1. The quantitative estimate of drug-likeness (QED) is 0.219. The van der Waals surface area contributed by atoms with Gasteiger partial charge in [-0.2, -0.15) is 13.2 Å². The van der Waals surface area contributed by atoms with Gasteiger partial charge in [0.25, 0.3) is 0 Å². The summed E-state index contributed by atoms with van der Waals surface area (Å²) < 4.78 is 61.8. The van der Waals surface area contributed by atoms with Crippen LogP contribution in [0.25, 0.3) is 0 Å². The summed E-state index contributed by atoms with van der Waals surface area (Å²) >= 11 is 0. The number of phosphoric ester groups is 1. The van der Waals surface area contributed by atoms with E-state index in [-0.39, 0.29) is 31.1 Å². The van der Waals surface area contributed by atoms with E-state index in [4.69, 9.17) is 20.3 Å². The normalized spacial score (nSPS) is 20.6. The molecule has 1 rings (SSSR count). The Morgan fingerprint density at radius 3 is 2.48 bits per heavy atom. The van der Waals surface area contributed by atoms with E-state index in [1.165, 1.54) is 6.08 Å². The molecular formula is C20H35F3NO6P. The lowest BCUT2D eigenvalue weighted by molar-refractivity contribution is -0.176. The van der Waals surface area contributed by atoms with Gasteiger partial charge in [0.15, 0.2) is 0 Å². The van der Waals surface area contributed by atoms with Gasteiger partial charge in [0.05, 0.1) is 24.9 Å². The molecule has 0 heterocycles. The maximum atomic E-state index is 13.6. The lowest BCUT2D eigenvalue weighted by Crippen LogP contribution is -2.48. The second kappa shape index (κ2) is 12.4. The molecule has 11 heteroatoms. The molecule has 3 atom stereocenters. The van der Waals surface area contributed by atoms with Crippen LogP contribution in [0.4, 0.5) is 13.2 Å². The van der Waals surface area contributed by atoms with Crippen molar-refractivity contribution < 1.29 is 41.9 Å². The van der Waals surface area contributed by atoms with E-state index in [9.17, 15) is 22.8 Å². The smallest absolute Gasteiger partial charge is 0.469 e. The fourth-order valence-electron chi connectivity index (χ4n) is 3.30. The molecule has 1 aliphatic rings. The fraction of sp³-hybridized carbons (Fsp3) is 0.800. The third-order valence-electron chi connectivity index (χ3n) is 5.27. The zero-order chi connectivity index (χ0) is 23.7. The Balaban J connectivity index is 2.77. The predicted molar refractivity (Wildman–Crippen MR) is 111 cm³/mol. The zero-order valence-electron chi connectivity index (χ0n) is 18.1. The molecule has 2 unspecified atom stereocenters. The van der Waals surface area contributed by atoms with Crippen molar-refractivity contribution in [3.63, 3.8) is 0 Å². The lowest BCUT2D eigenvalue weighted by atomic mass is 9.86. The topological polar surface area (TPSA) is 122 Å². The molecule has 182 valence electrons. The molecule has 0 aromatic rings. The molecule has 0 saturated heterocycles. The molecule has 0 aliphatic heterocycles. The van der Waals surface area contributed by atoms with Crippen molar-refractivity contribution in [2.24, 2.45) is 11.7 Å². The number of aliphatic hydroxyl groups is 1. The van der Waals surface area contributed by atoms with Crippen molar-refractivity contribution in [3.8, 4) is 0 Å². The molecule has 0 spiro atoms. The number of halogens is 3. The predicted octanol–water partition coefficient (Wildman–Crippen LogP) is 4.33. The Bertz CT molecular complexity index is 664. The highest BCUT2D eigenvalue weighted by molar-refractivity contribution is 7.46. The van der Waals surface area contributed by atoms with Crippen LogP contribution >= 0.6 is 7.82 Å². The Morgan fingerprint density at radius 1 is 1.26 bits per heavy atom. The highest BCUT2D eigenvalue weighted by Crippen LogP contribution is 2.42. The summed E-state index contributed by atoms with van der Waals surface area (Å²) in [6.45, 7) is 2.60. The summed E-state index contributed by atoms with van der Waals surface area (Å²) in [7, 11) is -4.78. The number of alkyl halides is 3. The summed E-state index contributed by atoms with van der Waals surface area (Å²) in [6, 6.07) is 0. The van der Waals surface area contributed by atoms with Crippen LogP contribution in [-0.4, -0.2) is 45.9 Å². The van der Waals surface area contributed by atoms with E-state index in [0.717, 1.165) is 25.7 Å². The van der Waals surface area contributed by atoms with Gasteiger partial charge in [0.2, 0.25) is 0 Å². The zero-order valence-corrected chi connectivity index (χ0v) is 19.0.